The van der Waals surface area contributed by atoms with Crippen LogP contribution in [0.4, 0.5) is 14.9 Å². The number of aliphatic hydroxyl groups is 1. The van der Waals surface area contributed by atoms with Gasteiger partial charge in [-0.1, -0.05) is 20.8 Å². The van der Waals surface area contributed by atoms with Crippen molar-refractivity contribution in [3.05, 3.63) is 47.0 Å². The van der Waals surface area contributed by atoms with Crippen LogP contribution < -0.4 is 10.0 Å². The molecule has 7 nitrogen and oxygen atoms in total. The van der Waals surface area contributed by atoms with Crippen LogP contribution in [0.15, 0.2) is 34.0 Å². The highest BCUT2D eigenvalue weighted by Gasteiger charge is 2.32. The Kier molecular flexibility index (Phi) is 6.21. The summed E-state index contributed by atoms with van der Waals surface area (Å²) in [6.07, 6.45) is 3.20. The maximum Gasteiger partial charge on any atom is 0.333 e. The van der Waals surface area contributed by atoms with Crippen molar-refractivity contribution in [1.82, 2.24) is 4.72 Å². The molecule has 0 saturated heterocycles. The zero-order valence-corrected chi connectivity index (χ0v) is 19.1. The Morgan fingerprint density at radius 2 is 1.81 bits per heavy atom. The Morgan fingerprint density at radius 1 is 1.19 bits per heavy atom. The molecule has 9 heteroatoms. The summed E-state index contributed by atoms with van der Waals surface area (Å²) in [5.74, 6) is -0.0382. The van der Waals surface area contributed by atoms with Gasteiger partial charge in [0.1, 0.15) is 5.82 Å². The molecular weight excluding hydrogens is 423 g/mol. The maximum absolute atomic E-state index is 14.3. The van der Waals surface area contributed by atoms with Gasteiger partial charge in [0.05, 0.1) is 11.9 Å². The van der Waals surface area contributed by atoms with Gasteiger partial charge in [-0.2, -0.15) is 8.42 Å². The molecule has 0 spiro atoms. The third-order valence-corrected chi connectivity index (χ3v) is 6.82. The van der Waals surface area contributed by atoms with Gasteiger partial charge in [-0.25, -0.2) is 13.9 Å². The van der Waals surface area contributed by atoms with Gasteiger partial charge < -0.3 is 14.8 Å². The van der Waals surface area contributed by atoms with Gasteiger partial charge in [-0.3, -0.25) is 0 Å². The third kappa shape index (κ3) is 5.27. The largest absolute Gasteiger partial charge is 0.451 e. The fourth-order valence-electron chi connectivity index (χ4n) is 3.55. The molecular formula is C22H29FN2O5S. The molecule has 1 heterocycles. The highest BCUT2D eigenvalue weighted by molar-refractivity contribution is 7.89. The molecule has 1 fully saturated rings. The van der Waals surface area contributed by atoms with E-state index in [-0.39, 0.29) is 23.2 Å². The van der Waals surface area contributed by atoms with E-state index >= 15 is 0 Å². The molecule has 0 radical (unpaired) electrons. The Bertz CT molecular complexity index is 1080. The molecule has 1 atom stereocenters. The number of nitrogens with one attached hydrogen (secondary N) is 2. The highest BCUT2D eigenvalue weighted by atomic mass is 32.2. The van der Waals surface area contributed by atoms with Crippen LogP contribution in [0.1, 0.15) is 76.0 Å². The number of hydrogen-bond acceptors (Lipinski definition) is 5. The Labute approximate surface area is 182 Å². The minimum atomic E-state index is -4.31. The standard InChI is InChI=1S/C22H29FN2O5S/c1-12(2)17-9-16(23)10-18(13(3)14-6-7-14)20(17)24-21(26)25-31(28,29)19-8-15(11-30-19)22(4,5)27/h8-14,27H,6-7H2,1-5H3,(H2,24,25,26). The van der Waals surface area contributed by atoms with Crippen molar-refractivity contribution < 1.29 is 27.1 Å². The molecule has 3 rings (SSSR count). The molecule has 0 bridgehead atoms. The van der Waals surface area contributed by atoms with Gasteiger partial charge in [0.25, 0.3) is 10.0 Å². The third-order valence-electron chi connectivity index (χ3n) is 5.62. The van der Waals surface area contributed by atoms with Crippen molar-refractivity contribution in [1.29, 1.82) is 0 Å². The van der Waals surface area contributed by atoms with E-state index in [1.807, 2.05) is 25.5 Å². The van der Waals surface area contributed by atoms with E-state index in [9.17, 15) is 22.7 Å². The van der Waals surface area contributed by atoms with Crippen molar-refractivity contribution >= 4 is 21.7 Å². The summed E-state index contributed by atoms with van der Waals surface area (Å²) < 4.78 is 46.4. The number of rotatable bonds is 7. The van der Waals surface area contributed by atoms with Crippen LogP contribution in [0.25, 0.3) is 0 Å². The lowest BCUT2D eigenvalue weighted by molar-refractivity contribution is 0.0779. The summed E-state index contributed by atoms with van der Waals surface area (Å²) in [5, 5.41) is 12.1. The first-order valence-electron chi connectivity index (χ1n) is 10.3. The summed E-state index contributed by atoms with van der Waals surface area (Å²) in [7, 11) is -4.31. The van der Waals surface area contributed by atoms with Crippen LogP contribution in [-0.2, 0) is 15.6 Å². The van der Waals surface area contributed by atoms with Crippen molar-refractivity contribution in [2.24, 2.45) is 5.92 Å². The minimum Gasteiger partial charge on any atom is -0.451 e. The molecule has 1 aliphatic carbocycles. The van der Waals surface area contributed by atoms with Gasteiger partial charge in [0.2, 0.25) is 5.09 Å². The second kappa shape index (κ2) is 8.27. The Morgan fingerprint density at radius 3 is 2.32 bits per heavy atom. The van der Waals surface area contributed by atoms with Gasteiger partial charge in [-0.15, -0.1) is 0 Å². The molecule has 2 aromatic rings. The summed E-state index contributed by atoms with van der Waals surface area (Å²) >= 11 is 0. The molecule has 170 valence electrons. The topological polar surface area (TPSA) is 109 Å². The summed E-state index contributed by atoms with van der Waals surface area (Å²) in [5.41, 5.74) is 0.640. The highest BCUT2D eigenvalue weighted by Crippen LogP contribution is 2.46. The molecule has 0 aliphatic heterocycles. The quantitative estimate of drug-likeness (QED) is 0.559. The van der Waals surface area contributed by atoms with Crippen molar-refractivity contribution in [3.63, 3.8) is 0 Å². The number of benzene rings is 1. The first-order chi connectivity index (χ1) is 14.3. The lowest BCUT2D eigenvalue weighted by Gasteiger charge is -2.22. The fourth-order valence-corrected chi connectivity index (χ4v) is 4.40. The molecule has 1 unspecified atom stereocenters. The Balaban J connectivity index is 1.88. The second-order valence-electron chi connectivity index (χ2n) is 9.01. The number of sulfonamides is 1. The van der Waals surface area contributed by atoms with Crippen LogP contribution in [0.2, 0.25) is 0 Å². The first-order valence-corrected chi connectivity index (χ1v) is 11.8. The maximum atomic E-state index is 14.3. The van der Waals surface area contributed by atoms with Crippen molar-refractivity contribution in [3.8, 4) is 0 Å². The summed E-state index contributed by atoms with van der Waals surface area (Å²) in [6.45, 7) is 8.71. The van der Waals surface area contributed by atoms with E-state index in [0.29, 0.717) is 22.7 Å². The molecule has 1 aliphatic rings. The van der Waals surface area contributed by atoms with Crippen LogP contribution in [0.3, 0.4) is 0 Å². The number of anilines is 1. The lowest BCUT2D eigenvalue weighted by atomic mass is 9.89. The van der Waals surface area contributed by atoms with Gasteiger partial charge >= 0.3 is 6.03 Å². The van der Waals surface area contributed by atoms with E-state index in [1.165, 1.54) is 26.0 Å². The fraction of sp³-hybridized carbons (Fsp3) is 0.500. The van der Waals surface area contributed by atoms with E-state index in [2.05, 4.69) is 5.32 Å². The number of hydrogen-bond donors (Lipinski definition) is 3. The molecule has 1 saturated carbocycles. The van der Waals surface area contributed by atoms with Gasteiger partial charge in [0, 0.05) is 17.3 Å². The number of carbonyl (C=O) groups excluding carboxylic acids is 1. The van der Waals surface area contributed by atoms with E-state index in [0.717, 1.165) is 25.2 Å². The monoisotopic (exact) mass is 452 g/mol. The summed E-state index contributed by atoms with van der Waals surface area (Å²) in [4.78, 5) is 12.6. The predicted molar refractivity (Wildman–Crippen MR) is 115 cm³/mol. The van der Waals surface area contributed by atoms with Gasteiger partial charge in [0.15, 0.2) is 0 Å². The number of urea groups is 1. The van der Waals surface area contributed by atoms with E-state index in [4.69, 9.17) is 4.42 Å². The molecule has 2 amide bonds. The smallest absolute Gasteiger partial charge is 0.333 e. The van der Waals surface area contributed by atoms with E-state index in [1.54, 1.807) is 0 Å². The SMILES string of the molecule is CC(C)c1cc(F)cc(C(C)C2CC2)c1NC(=O)NS(=O)(=O)c1cc(C(C)(C)O)co1. The number of halogens is 1. The van der Waals surface area contributed by atoms with Crippen LogP contribution in [0, 0.1) is 11.7 Å². The van der Waals surface area contributed by atoms with Crippen LogP contribution in [-0.4, -0.2) is 19.6 Å². The first kappa shape index (κ1) is 23.3. The van der Waals surface area contributed by atoms with Crippen LogP contribution >= 0.6 is 0 Å². The average Bonchev–Trinajstić information content (AvgIpc) is 3.35. The molecule has 3 N–H and O–H groups in total. The minimum absolute atomic E-state index is 0.0273. The van der Waals surface area contributed by atoms with Crippen molar-refractivity contribution in [2.45, 2.75) is 70.0 Å². The van der Waals surface area contributed by atoms with E-state index < -0.39 is 26.7 Å². The molecule has 31 heavy (non-hydrogen) atoms. The average molecular weight is 453 g/mol. The second-order valence-corrected chi connectivity index (χ2v) is 10.6. The van der Waals surface area contributed by atoms with Crippen LogP contribution in [0.5, 0.6) is 0 Å². The Hall–Kier alpha value is -2.39. The zero-order chi connectivity index (χ0) is 23.1. The molecule has 1 aromatic carbocycles. The number of amides is 2. The zero-order valence-electron chi connectivity index (χ0n) is 18.3. The number of furan rings is 1. The lowest BCUT2D eigenvalue weighted by Crippen LogP contribution is -2.35. The summed E-state index contributed by atoms with van der Waals surface area (Å²) in [6, 6.07) is 2.95. The van der Waals surface area contributed by atoms with Gasteiger partial charge in [-0.05, 0) is 67.7 Å². The predicted octanol–water partition coefficient (Wildman–Crippen LogP) is 4.79. The number of carbonyl (C=O) groups is 1. The normalized spacial score (nSPS) is 15.7. The molecule has 1 aromatic heterocycles. The van der Waals surface area contributed by atoms with Crippen molar-refractivity contribution in [2.75, 3.05) is 5.32 Å².